The monoisotopic (exact) mass is 603 g/mol. The molecule has 0 saturated carbocycles. The number of hydrogen-bond acceptors (Lipinski definition) is 4. The van der Waals surface area contributed by atoms with E-state index in [-0.39, 0.29) is 24.5 Å². The predicted molar refractivity (Wildman–Crippen MR) is 180 cm³/mol. The second-order valence-electron chi connectivity index (χ2n) is 11.8. The van der Waals surface area contributed by atoms with Crippen molar-refractivity contribution >= 4 is 17.8 Å². The number of nitrogens with one attached hydrogen (secondary N) is 1. The Balaban J connectivity index is 4.28. The zero-order valence-electron chi connectivity index (χ0n) is 27.8. The first-order valence-electron chi connectivity index (χ1n) is 17.6. The van der Waals surface area contributed by atoms with Gasteiger partial charge in [-0.05, 0) is 70.3 Å². The molecule has 0 aliphatic rings. The summed E-state index contributed by atoms with van der Waals surface area (Å²) in [5.41, 5.74) is 0. The third-order valence-corrected chi connectivity index (χ3v) is 7.52. The predicted octanol–water partition coefficient (Wildman–Crippen LogP) is 10.2. The van der Waals surface area contributed by atoms with Crippen LogP contribution in [0.5, 0.6) is 0 Å². The van der Waals surface area contributed by atoms with Gasteiger partial charge in [-0.15, -0.1) is 0 Å². The van der Waals surface area contributed by atoms with Crippen molar-refractivity contribution in [2.24, 2.45) is 0 Å². The van der Waals surface area contributed by atoms with Gasteiger partial charge in [-0.3, -0.25) is 14.4 Å². The van der Waals surface area contributed by atoms with Crippen molar-refractivity contribution in [2.45, 2.75) is 174 Å². The number of unbranched alkanes of at least 4 members (excludes halogenated alkanes) is 16. The number of hydrogen-bond donors (Lipinski definition) is 2. The van der Waals surface area contributed by atoms with Gasteiger partial charge in [-0.25, -0.2) is 0 Å². The van der Waals surface area contributed by atoms with Crippen LogP contribution in [0.15, 0.2) is 36.5 Å². The molecule has 0 fully saturated rings. The second kappa shape index (κ2) is 32.5. The molecule has 0 radical (unpaired) electrons. The summed E-state index contributed by atoms with van der Waals surface area (Å²) in [4.78, 5) is 34.7. The van der Waals surface area contributed by atoms with Gasteiger partial charge in [0.1, 0.15) is 12.6 Å². The fourth-order valence-electron chi connectivity index (χ4n) is 4.85. The molecule has 0 aromatic carbocycles. The molecule has 6 heteroatoms. The molecule has 1 amide bonds. The number of carboxylic acid groups (broad SMARTS) is 1. The molecule has 6 nitrogen and oxygen atoms in total. The molecule has 0 aromatic rings. The van der Waals surface area contributed by atoms with Crippen molar-refractivity contribution in [1.29, 1.82) is 0 Å². The molecule has 1 unspecified atom stereocenters. The van der Waals surface area contributed by atoms with Crippen molar-refractivity contribution in [3.63, 3.8) is 0 Å². The molecule has 0 bridgehead atoms. The minimum absolute atomic E-state index is 0.0823. The summed E-state index contributed by atoms with van der Waals surface area (Å²) < 4.78 is 5.88. The minimum atomic E-state index is -1.02. The van der Waals surface area contributed by atoms with E-state index in [0.717, 1.165) is 70.6 Å². The number of allylic oxidation sites excluding steroid dienone is 5. The van der Waals surface area contributed by atoms with Crippen LogP contribution in [0, 0.1) is 0 Å². The van der Waals surface area contributed by atoms with Crippen molar-refractivity contribution in [2.75, 3.05) is 6.54 Å². The number of aliphatic carboxylic acids is 1. The van der Waals surface area contributed by atoms with Crippen LogP contribution in [0.25, 0.3) is 0 Å². The quantitative estimate of drug-likeness (QED) is 0.0467. The van der Waals surface area contributed by atoms with Gasteiger partial charge in [0.25, 0.3) is 0 Å². The van der Waals surface area contributed by atoms with Crippen LogP contribution < -0.4 is 5.32 Å². The van der Waals surface area contributed by atoms with Crippen LogP contribution in [-0.2, 0) is 19.1 Å². The average molecular weight is 604 g/mol. The van der Waals surface area contributed by atoms with Crippen LogP contribution >= 0.6 is 0 Å². The molecule has 0 rings (SSSR count). The molecule has 248 valence electrons. The molecule has 0 saturated heterocycles. The first kappa shape index (κ1) is 40.6. The highest BCUT2D eigenvalue weighted by atomic mass is 16.5. The van der Waals surface area contributed by atoms with Crippen LogP contribution in [0.1, 0.15) is 168 Å². The molecule has 0 aliphatic heterocycles. The molecule has 0 heterocycles. The van der Waals surface area contributed by atoms with E-state index >= 15 is 0 Å². The van der Waals surface area contributed by atoms with Crippen LogP contribution in [0.4, 0.5) is 0 Å². The van der Waals surface area contributed by atoms with E-state index in [2.05, 4.69) is 55.6 Å². The maximum atomic E-state index is 12.6. The molecule has 0 aromatic heterocycles. The number of esters is 1. The summed E-state index contributed by atoms with van der Waals surface area (Å²) in [6, 6.07) is 0. The van der Waals surface area contributed by atoms with Gasteiger partial charge in [0, 0.05) is 12.8 Å². The van der Waals surface area contributed by atoms with Crippen LogP contribution in [0.2, 0.25) is 0 Å². The smallest absolute Gasteiger partial charge is 0.322 e. The summed E-state index contributed by atoms with van der Waals surface area (Å²) in [7, 11) is 0. The Morgan fingerprint density at radius 3 is 1.81 bits per heavy atom. The maximum absolute atomic E-state index is 12.6. The Kier molecular flexibility index (Phi) is 30.7. The standard InChI is InChI=1S/C37H65NO5/c1-3-5-7-9-11-13-14-16-18-24-28-32-37(42)43-34(29-25-21-17-15-12-10-8-6-4-2)30-26-22-19-20-23-27-31-35(39)38-33-36(40)41/h9,11,15,17,25,29,34H,3-8,10,12-14,16,18-24,26-28,30-33H2,1-2H3,(H,38,39)(H,40,41)/b11-9-,17-15-,29-25-. The van der Waals surface area contributed by atoms with E-state index in [4.69, 9.17) is 9.84 Å². The summed E-state index contributed by atoms with van der Waals surface area (Å²) >= 11 is 0. The molecule has 0 spiro atoms. The number of carboxylic acids is 1. The minimum Gasteiger partial charge on any atom is -0.480 e. The SMILES string of the molecule is CCCC/C=C\CCCCCCCC(=O)OC(/C=C\C/C=C\CCCCCC)CCCCCCCCC(=O)NCC(=O)O. The topological polar surface area (TPSA) is 92.7 Å². The van der Waals surface area contributed by atoms with Crippen molar-refractivity contribution in [1.82, 2.24) is 5.32 Å². The van der Waals surface area contributed by atoms with Crippen LogP contribution in [-0.4, -0.2) is 35.6 Å². The Morgan fingerprint density at radius 2 is 1.16 bits per heavy atom. The summed E-state index contributed by atoms with van der Waals surface area (Å²) in [5.74, 6) is -1.30. The highest BCUT2D eigenvalue weighted by molar-refractivity contribution is 5.80. The number of rotatable bonds is 31. The normalized spacial score (nSPS) is 12.4. The largest absolute Gasteiger partial charge is 0.480 e. The molecule has 0 aliphatic carbocycles. The fraction of sp³-hybridized carbons (Fsp3) is 0.757. The maximum Gasteiger partial charge on any atom is 0.322 e. The lowest BCUT2D eigenvalue weighted by Gasteiger charge is -2.14. The van der Waals surface area contributed by atoms with E-state index in [1.807, 2.05) is 0 Å². The van der Waals surface area contributed by atoms with Crippen molar-refractivity contribution < 1.29 is 24.2 Å². The van der Waals surface area contributed by atoms with E-state index in [1.54, 1.807) is 0 Å². The lowest BCUT2D eigenvalue weighted by atomic mass is 10.1. The van der Waals surface area contributed by atoms with Gasteiger partial charge in [-0.1, -0.05) is 121 Å². The van der Waals surface area contributed by atoms with E-state index < -0.39 is 5.97 Å². The number of carbonyl (C=O) groups excluding carboxylic acids is 2. The third kappa shape index (κ3) is 32.4. The van der Waals surface area contributed by atoms with Crippen molar-refractivity contribution in [3.05, 3.63) is 36.5 Å². The van der Waals surface area contributed by atoms with Gasteiger partial charge in [-0.2, -0.15) is 0 Å². The van der Waals surface area contributed by atoms with E-state index in [0.29, 0.717) is 12.8 Å². The Hall–Kier alpha value is -2.37. The van der Waals surface area contributed by atoms with Gasteiger partial charge in [0.2, 0.25) is 5.91 Å². The zero-order chi connectivity index (χ0) is 31.6. The zero-order valence-corrected chi connectivity index (χ0v) is 27.8. The molecule has 43 heavy (non-hydrogen) atoms. The Labute approximate surface area is 264 Å². The Bertz CT molecular complexity index is 758. The first-order chi connectivity index (χ1) is 21.0. The molecular formula is C37H65NO5. The highest BCUT2D eigenvalue weighted by Crippen LogP contribution is 2.15. The van der Waals surface area contributed by atoms with E-state index in [1.165, 1.54) is 70.6 Å². The average Bonchev–Trinajstić information content (AvgIpc) is 2.99. The lowest BCUT2D eigenvalue weighted by Crippen LogP contribution is -2.28. The lowest BCUT2D eigenvalue weighted by molar-refractivity contribution is -0.147. The first-order valence-corrected chi connectivity index (χ1v) is 17.6. The molecular weight excluding hydrogens is 538 g/mol. The summed E-state index contributed by atoms with van der Waals surface area (Å²) in [5, 5.41) is 11.0. The molecule has 2 N–H and O–H groups in total. The molecule has 1 atom stereocenters. The summed E-state index contributed by atoms with van der Waals surface area (Å²) in [6.07, 6.45) is 38.4. The number of amides is 1. The van der Waals surface area contributed by atoms with Gasteiger partial charge >= 0.3 is 11.9 Å². The van der Waals surface area contributed by atoms with E-state index in [9.17, 15) is 14.4 Å². The fourth-order valence-corrected chi connectivity index (χ4v) is 4.85. The van der Waals surface area contributed by atoms with Gasteiger partial charge in [0.15, 0.2) is 0 Å². The number of carbonyl (C=O) groups is 3. The highest BCUT2D eigenvalue weighted by Gasteiger charge is 2.11. The van der Waals surface area contributed by atoms with Gasteiger partial charge in [0.05, 0.1) is 0 Å². The third-order valence-electron chi connectivity index (χ3n) is 7.52. The second-order valence-corrected chi connectivity index (χ2v) is 11.8. The summed E-state index contributed by atoms with van der Waals surface area (Å²) in [6.45, 7) is 4.14. The van der Waals surface area contributed by atoms with Gasteiger partial charge < -0.3 is 15.2 Å². The number of ether oxygens (including phenoxy) is 1. The van der Waals surface area contributed by atoms with Crippen molar-refractivity contribution in [3.8, 4) is 0 Å². The Morgan fingerprint density at radius 1 is 0.628 bits per heavy atom. The van der Waals surface area contributed by atoms with Crippen LogP contribution in [0.3, 0.4) is 0 Å².